The van der Waals surface area contributed by atoms with E-state index in [0.717, 1.165) is 30.0 Å². The van der Waals surface area contributed by atoms with Gasteiger partial charge in [0.15, 0.2) is 0 Å². The van der Waals surface area contributed by atoms with Crippen LogP contribution >= 0.6 is 11.8 Å². The van der Waals surface area contributed by atoms with Crippen LogP contribution in [0.4, 0.5) is 14.5 Å². The predicted octanol–water partition coefficient (Wildman–Crippen LogP) is 4.08. The van der Waals surface area contributed by atoms with Crippen molar-refractivity contribution < 1.29 is 18.8 Å². The van der Waals surface area contributed by atoms with Gasteiger partial charge < -0.3 is 5.11 Å². The second-order valence-corrected chi connectivity index (χ2v) is 5.42. The van der Waals surface area contributed by atoms with E-state index in [1.807, 2.05) is 0 Å². The number of nitro groups is 1. The lowest BCUT2D eigenvalue weighted by Gasteiger charge is -2.08. The largest absolute Gasteiger partial charge is 0.389 e. The number of aliphatic hydroxyl groups is 1. The van der Waals surface area contributed by atoms with E-state index in [9.17, 15) is 24.0 Å². The number of halogens is 2. The molecule has 0 radical (unpaired) electrons. The molecule has 0 spiro atoms. The van der Waals surface area contributed by atoms with Crippen molar-refractivity contribution in [1.82, 2.24) is 0 Å². The summed E-state index contributed by atoms with van der Waals surface area (Å²) in [7, 11) is 0. The van der Waals surface area contributed by atoms with Gasteiger partial charge in [-0.1, -0.05) is 17.8 Å². The molecule has 0 heterocycles. The van der Waals surface area contributed by atoms with E-state index in [2.05, 4.69) is 0 Å². The Morgan fingerprint density at radius 1 is 1.19 bits per heavy atom. The Morgan fingerprint density at radius 3 is 2.52 bits per heavy atom. The maximum atomic E-state index is 13.6. The van der Waals surface area contributed by atoms with Gasteiger partial charge in [-0.25, -0.2) is 8.78 Å². The molecule has 0 aliphatic rings. The molecule has 0 saturated carbocycles. The Bertz CT molecular complexity index is 692. The molecule has 0 bridgehead atoms. The van der Waals surface area contributed by atoms with E-state index in [0.29, 0.717) is 5.56 Å². The average molecular weight is 311 g/mol. The quantitative estimate of drug-likeness (QED) is 0.682. The Morgan fingerprint density at radius 2 is 1.90 bits per heavy atom. The fourth-order valence-corrected chi connectivity index (χ4v) is 2.65. The van der Waals surface area contributed by atoms with Crippen LogP contribution < -0.4 is 0 Å². The standard InChI is InChI=1S/C14H11F2NO3S/c1-8(18)9-2-5-13(12(6-9)17(19)20)21-14-7-10(15)3-4-11(14)16/h2-8,18H,1H3/t8-/m1/s1. The zero-order chi connectivity index (χ0) is 15.6. The Labute approximate surface area is 123 Å². The molecule has 0 unspecified atom stereocenters. The van der Waals surface area contributed by atoms with Gasteiger partial charge in [0.1, 0.15) is 11.6 Å². The van der Waals surface area contributed by atoms with Gasteiger partial charge in [-0.3, -0.25) is 10.1 Å². The van der Waals surface area contributed by atoms with E-state index < -0.39 is 22.7 Å². The molecule has 0 fully saturated rings. The van der Waals surface area contributed by atoms with Gasteiger partial charge in [0.05, 0.1) is 20.8 Å². The Balaban J connectivity index is 2.44. The van der Waals surface area contributed by atoms with Gasteiger partial charge >= 0.3 is 0 Å². The molecule has 21 heavy (non-hydrogen) atoms. The molecule has 2 rings (SSSR count). The first-order valence-corrected chi connectivity index (χ1v) is 6.79. The third kappa shape index (κ3) is 3.56. The summed E-state index contributed by atoms with van der Waals surface area (Å²) in [4.78, 5) is 10.6. The maximum absolute atomic E-state index is 13.6. The zero-order valence-corrected chi connectivity index (χ0v) is 11.7. The van der Waals surface area contributed by atoms with E-state index in [-0.39, 0.29) is 15.5 Å². The number of hydrogen-bond acceptors (Lipinski definition) is 4. The number of nitro benzene ring substituents is 1. The fraction of sp³-hybridized carbons (Fsp3) is 0.143. The van der Waals surface area contributed by atoms with Crippen LogP contribution in [0.5, 0.6) is 0 Å². The summed E-state index contributed by atoms with van der Waals surface area (Å²) in [6.45, 7) is 1.48. The number of aliphatic hydroxyl groups excluding tert-OH is 1. The van der Waals surface area contributed by atoms with Crippen LogP contribution in [0.25, 0.3) is 0 Å². The van der Waals surface area contributed by atoms with E-state index in [4.69, 9.17) is 0 Å². The number of rotatable bonds is 4. The highest BCUT2D eigenvalue weighted by molar-refractivity contribution is 7.99. The summed E-state index contributed by atoms with van der Waals surface area (Å²) < 4.78 is 26.7. The third-order valence-electron chi connectivity index (χ3n) is 2.78. The van der Waals surface area contributed by atoms with E-state index in [1.165, 1.54) is 25.1 Å². The first-order valence-electron chi connectivity index (χ1n) is 5.98. The molecule has 1 atom stereocenters. The van der Waals surface area contributed by atoms with E-state index >= 15 is 0 Å². The molecular weight excluding hydrogens is 300 g/mol. The Kier molecular flexibility index (Phi) is 4.54. The Hall–Kier alpha value is -1.99. The van der Waals surface area contributed by atoms with Crippen LogP contribution in [0.15, 0.2) is 46.2 Å². The van der Waals surface area contributed by atoms with Crippen LogP contribution in [0.3, 0.4) is 0 Å². The first kappa shape index (κ1) is 15.4. The van der Waals surface area contributed by atoms with Gasteiger partial charge in [0.25, 0.3) is 5.69 Å². The van der Waals surface area contributed by atoms with Gasteiger partial charge in [0, 0.05) is 6.07 Å². The van der Waals surface area contributed by atoms with Crippen molar-refractivity contribution in [2.24, 2.45) is 0 Å². The molecule has 2 aromatic carbocycles. The number of nitrogens with zero attached hydrogens (tertiary/aromatic N) is 1. The molecule has 4 nitrogen and oxygen atoms in total. The van der Waals surface area contributed by atoms with Crippen LogP contribution in [-0.2, 0) is 0 Å². The highest BCUT2D eigenvalue weighted by Gasteiger charge is 2.18. The van der Waals surface area contributed by atoms with Crippen molar-refractivity contribution in [2.45, 2.75) is 22.8 Å². The molecule has 1 N–H and O–H groups in total. The zero-order valence-electron chi connectivity index (χ0n) is 10.9. The smallest absolute Gasteiger partial charge is 0.283 e. The van der Waals surface area contributed by atoms with Crippen LogP contribution in [0.1, 0.15) is 18.6 Å². The molecule has 110 valence electrons. The van der Waals surface area contributed by atoms with Crippen molar-refractivity contribution in [3.05, 3.63) is 63.7 Å². The minimum absolute atomic E-state index is 0.0390. The lowest BCUT2D eigenvalue weighted by molar-refractivity contribution is -0.387. The van der Waals surface area contributed by atoms with Crippen LogP contribution in [-0.4, -0.2) is 10.0 Å². The van der Waals surface area contributed by atoms with Gasteiger partial charge in [-0.05, 0) is 36.8 Å². The average Bonchev–Trinajstić information content (AvgIpc) is 2.42. The van der Waals surface area contributed by atoms with Crippen molar-refractivity contribution in [1.29, 1.82) is 0 Å². The normalized spacial score (nSPS) is 12.2. The van der Waals surface area contributed by atoms with Gasteiger partial charge in [-0.2, -0.15) is 0 Å². The van der Waals surface area contributed by atoms with Gasteiger partial charge in [0.2, 0.25) is 0 Å². The highest BCUT2D eigenvalue weighted by Crippen LogP contribution is 2.37. The van der Waals surface area contributed by atoms with Crippen molar-refractivity contribution in [2.75, 3.05) is 0 Å². The number of benzene rings is 2. The molecule has 0 saturated heterocycles. The summed E-state index contributed by atoms with van der Waals surface area (Å²) in [5.41, 5.74) is 0.118. The SMILES string of the molecule is C[C@@H](O)c1ccc(Sc2cc(F)ccc2F)c([N+](=O)[O-])c1. The molecular formula is C14H11F2NO3S. The lowest BCUT2D eigenvalue weighted by atomic mass is 10.1. The van der Waals surface area contributed by atoms with Crippen LogP contribution in [0.2, 0.25) is 0 Å². The number of hydrogen-bond donors (Lipinski definition) is 1. The monoisotopic (exact) mass is 311 g/mol. The maximum Gasteiger partial charge on any atom is 0.283 e. The van der Waals surface area contributed by atoms with Gasteiger partial charge in [-0.15, -0.1) is 0 Å². The second-order valence-electron chi connectivity index (χ2n) is 4.34. The summed E-state index contributed by atoms with van der Waals surface area (Å²) in [6, 6.07) is 7.07. The summed E-state index contributed by atoms with van der Waals surface area (Å²) in [6.07, 6.45) is -0.853. The summed E-state index contributed by atoms with van der Waals surface area (Å²) in [5, 5.41) is 20.5. The second kappa shape index (κ2) is 6.19. The predicted molar refractivity (Wildman–Crippen MR) is 74.2 cm³/mol. The topological polar surface area (TPSA) is 63.4 Å². The molecule has 0 aromatic heterocycles. The molecule has 7 heteroatoms. The highest BCUT2D eigenvalue weighted by atomic mass is 32.2. The van der Waals surface area contributed by atoms with Crippen LogP contribution in [0, 0.1) is 21.7 Å². The third-order valence-corrected chi connectivity index (χ3v) is 3.87. The lowest BCUT2D eigenvalue weighted by Crippen LogP contribution is -1.96. The van der Waals surface area contributed by atoms with Crippen molar-refractivity contribution in [3.63, 3.8) is 0 Å². The minimum Gasteiger partial charge on any atom is -0.389 e. The summed E-state index contributed by atoms with van der Waals surface area (Å²) >= 11 is 0.765. The fourth-order valence-electron chi connectivity index (χ4n) is 1.70. The molecule has 0 aliphatic heterocycles. The molecule has 0 amide bonds. The molecule has 0 aliphatic carbocycles. The van der Waals surface area contributed by atoms with Crippen molar-refractivity contribution in [3.8, 4) is 0 Å². The summed E-state index contributed by atoms with van der Waals surface area (Å²) in [5.74, 6) is -1.28. The minimum atomic E-state index is -0.853. The van der Waals surface area contributed by atoms with E-state index in [1.54, 1.807) is 0 Å². The van der Waals surface area contributed by atoms with Crippen molar-refractivity contribution >= 4 is 17.4 Å². The molecule has 2 aromatic rings. The first-order chi connectivity index (χ1) is 9.88.